The Balaban J connectivity index is 2.03. The molecular weight excluding hydrogens is 296 g/mol. The average molecular weight is 308 g/mol. The molecule has 5 N–H and O–H groups in total. The highest BCUT2D eigenvalue weighted by atomic mass is 32.1. The number of pyridine rings is 1. The molecular formula is C16H12N4OS. The summed E-state index contributed by atoms with van der Waals surface area (Å²) in [5.74, 6) is -0.510. The molecule has 3 aromatic heterocycles. The van der Waals surface area contributed by atoms with Gasteiger partial charge in [-0.2, -0.15) is 0 Å². The topological polar surface area (TPSA) is 97.8 Å². The van der Waals surface area contributed by atoms with Crippen LogP contribution in [0.2, 0.25) is 0 Å². The molecule has 22 heavy (non-hydrogen) atoms. The second-order valence-corrected chi connectivity index (χ2v) is 6.10. The van der Waals surface area contributed by atoms with Crippen LogP contribution in [0.15, 0.2) is 42.9 Å². The van der Waals surface area contributed by atoms with Gasteiger partial charge in [0, 0.05) is 35.1 Å². The van der Waals surface area contributed by atoms with E-state index in [9.17, 15) is 4.79 Å². The third kappa shape index (κ3) is 1.78. The van der Waals surface area contributed by atoms with Crippen LogP contribution in [0.3, 0.4) is 0 Å². The minimum Gasteiger partial charge on any atom is -0.397 e. The van der Waals surface area contributed by atoms with E-state index in [0.717, 1.165) is 32.1 Å². The van der Waals surface area contributed by atoms with E-state index in [1.54, 1.807) is 12.4 Å². The fourth-order valence-electron chi connectivity index (χ4n) is 2.69. The summed E-state index contributed by atoms with van der Waals surface area (Å²) < 4.78 is 0.857. The Labute approximate surface area is 129 Å². The van der Waals surface area contributed by atoms with Crippen molar-refractivity contribution in [2.45, 2.75) is 0 Å². The molecule has 0 radical (unpaired) electrons. The van der Waals surface area contributed by atoms with E-state index in [0.29, 0.717) is 10.6 Å². The van der Waals surface area contributed by atoms with Gasteiger partial charge in [0.05, 0.1) is 10.4 Å². The Morgan fingerprint density at radius 2 is 2.09 bits per heavy atom. The number of H-pyrrole nitrogens is 1. The third-order valence-corrected chi connectivity index (χ3v) is 4.88. The molecule has 0 atom stereocenters. The Kier molecular flexibility index (Phi) is 2.67. The van der Waals surface area contributed by atoms with Crippen molar-refractivity contribution in [3.05, 3.63) is 47.7 Å². The van der Waals surface area contributed by atoms with E-state index in [-0.39, 0.29) is 0 Å². The minimum atomic E-state index is -0.510. The van der Waals surface area contributed by atoms with E-state index in [1.165, 1.54) is 11.3 Å². The number of anilines is 1. The summed E-state index contributed by atoms with van der Waals surface area (Å²) in [6.45, 7) is 0. The average Bonchev–Trinajstić information content (AvgIpc) is 3.11. The van der Waals surface area contributed by atoms with Crippen LogP contribution in [0.25, 0.3) is 32.1 Å². The Morgan fingerprint density at radius 1 is 1.23 bits per heavy atom. The van der Waals surface area contributed by atoms with Crippen molar-refractivity contribution in [1.29, 1.82) is 0 Å². The van der Waals surface area contributed by atoms with Gasteiger partial charge in [0.25, 0.3) is 5.91 Å². The second kappa shape index (κ2) is 4.57. The van der Waals surface area contributed by atoms with Gasteiger partial charge in [0.2, 0.25) is 0 Å². The van der Waals surface area contributed by atoms with Crippen LogP contribution in [0.5, 0.6) is 0 Å². The van der Waals surface area contributed by atoms with Crippen LogP contribution in [-0.2, 0) is 0 Å². The number of carbonyl (C=O) groups is 1. The molecule has 4 rings (SSSR count). The number of carbonyl (C=O) groups excluding carboxylic acids is 1. The lowest BCUT2D eigenvalue weighted by Crippen LogP contribution is -2.10. The van der Waals surface area contributed by atoms with Gasteiger partial charge in [0.1, 0.15) is 4.88 Å². The molecule has 0 spiro atoms. The van der Waals surface area contributed by atoms with Crippen molar-refractivity contribution in [1.82, 2.24) is 9.97 Å². The van der Waals surface area contributed by atoms with Crippen LogP contribution in [0.1, 0.15) is 9.67 Å². The lowest BCUT2D eigenvalue weighted by molar-refractivity contribution is 0.100. The zero-order chi connectivity index (χ0) is 15.3. The summed E-state index contributed by atoms with van der Waals surface area (Å²) in [4.78, 5) is 19.3. The number of thiophene rings is 1. The standard InChI is InChI=1S/C16H12N4OS/c17-14-13-10(6-19-7-12(13)22-15(14)16(18)21)9-2-1-8-3-4-20-11(8)5-9/h1-7,20H,17H2,(H2,18,21). The molecule has 0 saturated heterocycles. The number of aromatic nitrogens is 2. The fraction of sp³-hybridized carbons (Fsp3) is 0. The van der Waals surface area contributed by atoms with Crippen molar-refractivity contribution in [3.63, 3.8) is 0 Å². The molecule has 0 aliphatic heterocycles. The van der Waals surface area contributed by atoms with Gasteiger partial charge < -0.3 is 16.5 Å². The third-order valence-electron chi connectivity index (χ3n) is 3.73. The van der Waals surface area contributed by atoms with Crippen LogP contribution in [0.4, 0.5) is 5.69 Å². The maximum absolute atomic E-state index is 11.5. The van der Waals surface area contributed by atoms with Crippen molar-refractivity contribution in [3.8, 4) is 11.1 Å². The van der Waals surface area contributed by atoms with E-state index in [2.05, 4.69) is 9.97 Å². The number of hydrogen-bond donors (Lipinski definition) is 3. The van der Waals surface area contributed by atoms with Crippen molar-refractivity contribution in [2.24, 2.45) is 5.73 Å². The van der Waals surface area contributed by atoms with E-state index in [4.69, 9.17) is 11.5 Å². The van der Waals surface area contributed by atoms with Gasteiger partial charge in [-0.15, -0.1) is 11.3 Å². The number of nitrogens with zero attached hydrogens (tertiary/aromatic N) is 1. The molecule has 0 aliphatic rings. The molecule has 108 valence electrons. The van der Waals surface area contributed by atoms with E-state index in [1.807, 2.05) is 30.5 Å². The first kappa shape index (κ1) is 12.8. The number of primary amides is 1. The molecule has 5 nitrogen and oxygen atoms in total. The Morgan fingerprint density at radius 3 is 2.91 bits per heavy atom. The van der Waals surface area contributed by atoms with Gasteiger partial charge in [0.15, 0.2) is 0 Å². The van der Waals surface area contributed by atoms with Crippen LogP contribution in [0, 0.1) is 0 Å². The monoisotopic (exact) mass is 308 g/mol. The number of nitrogens with two attached hydrogens (primary N) is 2. The van der Waals surface area contributed by atoms with Crippen molar-refractivity contribution < 1.29 is 4.79 Å². The number of aromatic amines is 1. The summed E-state index contributed by atoms with van der Waals surface area (Å²) in [7, 11) is 0. The predicted molar refractivity (Wildman–Crippen MR) is 89.8 cm³/mol. The summed E-state index contributed by atoms with van der Waals surface area (Å²) >= 11 is 1.28. The number of hydrogen-bond acceptors (Lipinski definition) is 4. The molecule has 0 bridgehead atoms. The van der Waals surface area contributed by atoms with Gasteiger partial charge in [-0.3, -0.25) is 9.78 Å². The molecule has 1 aromatic carbocycles. The predicted octanol–water partition coefficient (Wildman–Crippen LogP) is 3.13. The summed E-state index contributed by atoms with van der Waals surface area (Å²) in [6, 6.07) is 8.13. The molecule has 1 amide bonds. The second-order valence-electron chi connectivity index (χ2n) is 5.05. The normalized spacial score (nSPS) is 11.3. The highest BCUT2D eigenvalue weighted by molar-refractivity contribution is 7.21. The maximum atomic E-state index is 11.5. The number of rotatable bonds is 2. The van der Waals surface area contributed by atoms with E-state index >= 15 is 0 Å². The maximum Gasteiger partial charge on any atom is 0.260 e. The zero-order valence-electron chi connectivity index (χ0n) is 11.5. The van der Waals surface area contributed by atoms with Crippen LogP contribution < -0.4 is 11.5 Å². The van der Waals surface area contributed by atoms with Crippen LogP contribution in [-0.4, -0.2) is 15.9 Å². The molecule has 0 unspecified atom stereocenters. The molecule has 0 fully saturated rings. The molecule has 3 heterocycles. The van der Waals surface area contributed by atoms with Crippen molar-refractivity contribution in [2.75, 3.05) is 5.73 Å². The van der Waals surface area contributed by atoms with Crippen molar-refractivity contribution >= 4 is 43.9 Å². The Hall–Kier alpha value is -2.86. The SMILES string of the molecule is NC(=O)c1sc2cncc(-c3ccc4cc[nH]c4c3)c2c1N. The summed E-state index contributed by atoms with van der Waals surface area (Å²) in [6.07, 6.45) is 5.37. The van der Waals surface area contributed by atoms with Gasteiger partial charge in [-0.1, -0.05) is 12.1 Å². The number of amides is 1. The zero-order valence-corrected chi connectivity index (χ0v) is 12.3. The van der Waals surface area contributed by atoms with Crippen LogP contribution >= 0.6 is 11.3 Å². The first-order chi connectivity index (χ1) is 10.6. The summed E-state index contributed by atoms with van der Waals surface area (Å²) in [5, 5.41) is 1.97. The number of fused-ring (bicyclic) bond motifs is 2. The van der Waals surface area contributed by atoms with E-state index < -0.39 is 5.91 Å². The van der Waals surface area contributed by atoms with Gasteiger partial charge in [-0.05, 0) is 23.1 Å². The first-order valence-corrected chi connectivity index (χ1v) is 7.50. The molecule has 0 saturated carbocycles. The lowest BCUT2D eigenvalue weighted by atomic mass is 10.0. The highest BCUT2D eigenvalue weighted by Crippen LogP contribution is 2.39. The number of nitrogen functional groups attached to an aromatic ring is 1. The molecule has 6 heteroatoms. The smallest absolute Gasteiger partial charge is 0.260 e. The van der Waals surface area contributed by atoms with Gasteiger partial charge in [-0.25, -0.2) is 0 Å². The number of benzene rings is 1. The quantitative estimate of drug-likeness (QED) is 0.530. The summed E-state index contributed by atoms with van der Waals surface area (Å²) in [5.41, 5.74) is 14.9. The van der Waals surface area contributed by atoms with Gasteiger partial charge >= 0.3 is 0 Å². The minimum absolute atomic E-state index is 0.380. The Bertz CT molecular complexity index is 1030. The lowest BCUT2D eigenvalue weighted by Gasteiger charge is -2.05. The highest BCUT2D eigenvalue weighted by Gasteiger charge is 2.17. The molecule has 4 aromatic rings. The number of nitrogens with one attached hydrogen (secondary N) is 1. The fourth-order valence-corrected chi connectivity index (χ4v) is 3.66. The molecule has 0 aliphatic carbocycles. The first-order valence-electron chi connectivity index (χ1n) is 6.68. The largest absolute Gasteiger partial charge is 0.397 e.